The van der Waals surface area contributed by atoms with Crippen molar-refractivity contribution in [1.82, 2.24) is 0 Å². The number of thioether (sulfide) groups is 1. The third kappa shape index (κ3) is 4.00. The summed E-state index contributed by atoms with van der Waals surface area (Å²) in [4.78, 5) is 23.3. The molecule has 0 atom stereocenters. The van der Waals surface area contributed by atoms with Crippen LogP contribution < -0.4 is 0 Å². The van der Waals surface area contributed by atoms with Gasteiger partial charge >= 0.3 is 0 Å². The summed E-state index contributed by atoms with van der Waals surface area (Å²) in [5.74, 6) is 0. The van der Waals surface area contributed by atoms with E-state index in [1.165, 1.54) is 23.9 Å². The SMILES string of the molecule is O=Cc1cc([N+](=O)[O-])ccc1SC(c1ccccc1)(c1ccccc1)c1ccccc1. The lowest BCUT2D eigenvalue weighted by Crippen LogP contribution is -2.25. The van der Waals surface area contributed by atoms with Crippen LogP contribution in [0.4, 0.5) is 5.69 Å². The van der Waals surface area contributed by atoms with Crippen molar-refractivity contribution < 1.29 is 9.72 Å². The molecule has 0 heterocycles. The van der Waals surface area contributed by atoms with Gasteiger partial charge in [0, 0.05) is 22.6 Å². The first-order chi connectivity index (χ1) is 15.1. The average molecular weight is 426 g/mol. The van der Waals surface area contributed by atoms with Crippen LogP contribution in [-0.2, 0) is 4.75 Å². The molecule has 4 aromatic carbocycles. The highest BCUT2D eigenvalue weighted by Gasteiger charge is 2.38. The summed E-state index contributed by atoms with van der Waals surface area (Å²) in [6.07, 6.45) is 0.682. The average Bonchev–Trinajstić information content (AvgIpc) is 2.84. The number of carbonyl (C=O) groups excluding carboxylic acids is 1. The summed E-state index contributed by atoms with van der Waals surface area (Å²) in [6.45, 7) is 0. The topological polar surface area (TPSA) is 60.2 Å². The maximum atomic E-state index is 11.9. The van der Waals surface area contributed by atoms with E-state index in [0.717, 1.165) is 16.7 Å². The molecule has 0 aliphatic rings. The molecule has 0 amide bonds. The Bertz CT molecular complexity index is 1100. The van der Waals surface area contributed by atoms with E-state index in [9.17, 15) is 14.9 Å². The summed E-state index contributed by atoms with van der Waals surface area (Å²) < 4.78 is -0.655. The molecule has 0 spiro atoms. The monoisotopic (exact) mass is 425 g/mol. The van der Waals surface area contributed by atoms with Crippen molar-refractivity contribution in [2.24, 2.45) is 0 Å². The lowest BCUT2D eigenvalue weighted by molar-refractivity contribution is -0.384. The molecule has 0 saturated heterocycles. The molecule has 0 bridgehead atoms. The third-order valence-corrected chi connectivity index (χ3v) is 6.74. The number of nitrogens with zero attached hydrogens (tertiary/aromatic N) is 1. The Hall–Kier alpha value is -3.70. The standard InChI is InChI=1S/C26H19NO3S/c28-19-20-18-24(27(29)30)16-17-25(20)31-26(21-10-4-1-5-11-21,22-12-6-2-7-13-22)23-14-8-3-9-15-23/h1-19H. The van der Waals surface area contributed by atoms with Crippen molar-refractivity contribution >= 4 is 23.7 Å². The van der Waals surface area contributed by atoms with Gasteiger partial charge in [-0.1, -0.05) is 91.0 Å². The van der Waals surface area contributed by atoms with Crippen molar-refractivity contribution in [2.75, 3.05) is 0 Å². The van der Waals surface area contributed by atoms with Gasteiger partial charge in [0.05, 0.1) is 9.67 Å². The van der Waals surface area contributed by atoms with Crippen LogP contribution in [0.5, 0.6) is 0 Å². The Morgan fingerprint density at radius 2 is 1.16 bits per heavy atom. The van der Waals surface area contributed by atoms with Crippen molar-refractivity contribution in [1.29, 1.82) is 0 Å². The van der Waals surface area contributed by atoms with E-state index in [1.807, 2.05) is 54.6 Å². The highest BCUT2D eigenvalue weighted by Crippen LogP contribution is 2.52. The number of benzene rings is 4. The van der Waals surface area contributed by atoms with E-state index in [-0.39, 0.29) is 5.69 Å². The van der Waals surface area contributed by atoms with E-state index in [2.05, 4.69) is 36.4 Å². The second-order valence-corrected chi connectivity index (χ2v) is 8.23. The van der Waals surface area contributed by atoms with E-state index in [0.29, 0.717) is 16.7 Å². The van der Waals surface area contributed by atoms with Crippen LogP contribution in [-0.4, -0.2) is 11.2 Å². The number of nitro groups is 1. The van der Waals surface area contributed by atoms with Gasteiger partial charge in [0.25, 0.3) is 5.69 Å². The number of aldehydes is 1. The molecule has 152 valence electrons. The molecular formula is C26H19NO3S. The lowest BCUT2D eigenvalue weighted by Gasteiger charge is -2.35. The van der Waals surface area contributed by atoms with E-state index in [1.54, 1.807) is 6.07 Å². The second kappa shape index (κ2) is 8.98. The van der Waals surface area contributed by atoms with Gasteiger partial charge in [0.15, 0.2) is 6.29 Å². The van der Waals surface area contributed by atoms with Gasteiger partial charge < -0.3 is 0 Å². The van der Waals surface area contributed by atoms with Crippen molar-refractivity contribution in [3.8, 4) is 0 Å². The van der Waals surface area contributed by atoms with Crippen molar-refractivity contribution in [3.05, 3.63) is 142 Å². The maximum absolute atomic E-state index is 11.9. The summed E-state index contributed by atoms with van der Waals surface area (Å²) in [5.41, 5.74) is 3.34. The van der Waals surface area contributed by atoms with Crippen LogP contribution in [0.15, 0.2) is 114 Å². The zero-order valence-electron chi connectivity index (χ0n) is 16.5. The molecule has 4 aromatic rings. The highest BCUT2D eigenvalue weighted by molar-refractivity contribution is 8.00. The molecule has 0 saturated carbocycles. The van der Waals surface area contributed by atoms with Crippen molar-refractivity contribution in [3.63, 3.8) is 0 Å². The van der Waals surface area contributed by atoms with Crippen LogP contribution in [0.3, 0.4) is 0 Å². The highest BCUT2D eigenvalue weighted by atomic mass is 32.2. The second-order valence-electron chi connectivity index (χ2n) is 6.98. The summed E-state index contributed by atoms with van der Waals surface area (Å²) in [5, 5.41) is 11.2. The normalized spacial score (nSPS) is 11.1. The molecule has 31 heavy (non-hydrogen) atoms. The minimum Gasteiger partial charge on any atom is -0.298 e. The molecule has 0 fully saturated rings. The number of rotatable bonds is 7. The van der Waals surface area contributed by atoms with Gasteiger partial charge in [-0.25, -0.2) is 0 Å². The Labute approximate surface area is 184 Å². The fraction of sp³-hybridized carbons (Fsp3) is 0.0385. The van der Waals surface area contributed by atoms with Crippen LogP contribution in [0, 0.1) is 10.1 Å². The molecule has 0 aliphatic heterocycles. The largest absolute Gasteiger partial charge is 0.298 e. The molecule has 0 aliphatic carbocycles. The first-order valence-electron chi connectivity index (χ1n) is 9.74. The van der Waals surface area contributed by atoms with Crippen LogP contribution in [0.2, 0.25) is 0 Å². The number of hydrogen-bond donors (Lipinski definition) is 0. The zero-order valence-corrected chi connectivity index (χ0v) is 17.4. The van der Waals surface area contributed by atoms with Gasteiger partial charge in [-0.05, 0) is 22.8 Å². The number of hydrogen-bond acceptors (Lipinski definition) is 4. The van der Waals surface area contributed by atoms with Gasteiger partial charge in [-0.15, -0.1) is 11.8 Å². The molecule has 4 rings (SSSR count). The van der Waals surface area contributed by atoms with E-state index >= 15 is 0 Å². The lowest BCUT2D eigenvalue weighted by atomic mass is 9.84. The van der Waals surface area contributed by atoms with E-state index in [4.69, 9.17) is 0 Å². The minimum absolute atomic E-state index is 0.101. The molecule has 0 aromatic heterocycles. The number of nitro benzene ring substituents is 1. The summed E-state index contributed by atoms with van der Waals surface area (Å²) >= 11 is 1.51. The third-order valence-electron chi connectivity index (χ3n) is 5.14. The quantitative estimate of drug-likeness (QED) is 0.112. The molecule has 0 unspecified atom stereocenters. The molecular weight excluding hydrogens is 406 g/mol. The minimum atomic E-state index is -0.655. The maximum Gasteiger partial charge on any atom is 0.270 e. The predicted molar refractivity (Wildman–Crippen MR) is 124 cm³/mol. The molecule has 4 nitrogen and oxygen atoms in total. The Morgan fingerprint density at radius 3 is 1.55 bits per heavy atom. The smallest absolute Gasteiger partial charge is 0.270 e. The first-order valence-corrected chi connectivity index (χ1v) is 10.6. The Balaban J connectivity index is 2.00. The van der Waals surface area contributed by atoms with Gasteiger partial charge in [-0.2, -0.15) is 0 Å². The van der Waals surface area contributed by atoms with Crippen molar-refractivity contribution in [2.45, 2.75) is 9.64 Å². The molecule has 5 heteroatoms. The molecule has 0 radical (unpaired) electrons. The van der Waals surface area contributed by atoms with Gasteiger partial charge in [0.2, 0.25) is 0 Å². The molecule has 0 N–H and O–H groups in total. The number of carbonyl (C=O) groups is 1. The van der Waals surface area contributed by atoms with Gasteiger partial charge in [0.1, 0.15) is 0 Å². The Morgan fingerprint density at radius 1 is 0.710 bits per heavy atom. The van der Waals surface area contributed by atoms with Gasteiger partial charge in [-0.3, -0.25) is 14.9 Å². The van der Waals surface area contributed by atoms with Crippen LogP contribution >= 0.6 is 11.8 Å². The van der Waals surface area contributed by atoms with E-state index < -0.39 is 9.67 Å². The van der Waals surface area contributed by atoms with Crippen LogP contribution in [0.1, 0.15) is 27.0 Å². The first kappa shape index (κ1) is 20.6. The number of non-ortho nitro benzene ring substituents is 1. The fourth-order valence-electron chi connectivity index (χ4n) is 3.69. The fourth-order valence-corrected chi connectivity index (χ4v) is 5.15. The zero-order chi connectivity index (χ0) is 21.7. The predicted octanol–water partition coefficient (Wildman–Crippen LogP) is 6.49. The Kier molecular flexibility index (Phi) is 5.96. The summed E-state index contributed by atoms with van der Waals surface area (Å²) in [7, 11) is 0. The van der Waals surface area contributed by atoms with Crippen LogP contribution in [0.25, 0.3) is 0 Å². The summed E-state index contributed by atoms with van der Waals surface area (Å²) in [6, 6.07) is 34.7.